The molecule has 0 aliphatic rings. The molecule has 0 aliphatic heterocycles. The second-order valence-corrected chi connectivity index (χ2v) is 4.97. The molecule has 0 bridgehead atoms. The van der Waals surface area contributed by atoms with Gasteiger partial charge in [0.1, 0.15) is 0 Å². The van der Waals surface area contributed by atoms with E-state index in [4.69, 9.17) is 0 Å². The van der Waals surface area contributed by atoms with Crippen molar-refractivity contribution in [2.45, 2.75) is 84.5 Å². The molecule has 0 atom stereocenters. The van der Waals surface area contributed by atoms with Gasteiger partial charge in [0.15, 0.2) is 0 Å². The molecule has 3 nitrogen and oxygen atoms in total. The fourth-order valence-electron chi connectivity index (χ4n) is 2.00. The highest BCUT2D eigenvalue weighted by Crippen LogP contribution is 2.12. The van der Waals surface area contributed by atoms with Crippen molar-refractivity contribution in [2.75, 3.05) is 0 Å². The first kappa shape index (κ1) is 17.1. The maximum Gasteiger partial charge on any atom is 0.242 e. The van der Waals surface area contributed by atoms with Crippen molar-refractivity contribution in [3.63, 3.8) is 0 Å². The lowest BCUT2D eigenvalue weighted by molar-refractivity contribution is -0.428. The number of rotatable bonds is 12. The Kier molecular flexibility index (Phi) is 12.0. The van der Waals surface area contributed by atoms with Crippen molar-refractivity contribution in [2.24, 2.45) is 0 Å². The Labute approximate surface area is 112 Å². The highest BCUT2D eigenvalue weighted by Gasteiger charge is 2.08. The van der Waals surface area contributed by atoms with Crippen LogP contribution in [0.4, 0.5) is 0 Å². The van der Waals surface area contributed by atoms with E-state index in [1.165, 1.54) is 38.5 Å². The number of allylic oxidation sites excluding steroid dienone is 2. The minimum atomic E-state index is -0.211. The van der Waals surface area contributed by atoms with Gasteiger partial charge in [0.25, 0.3) is 0 Å². The van der Waals surface area contributed by atoms with Gasteiger partial charge in [-0.2, -0.15) is 0 Å². The summed E-state index contributed by atoms with van der Waals surface area (Å²) < 4.78 is 0. The minimum absolute atomic E-state index is 0.211. The number of unbranched alkanes of at least 4 members (excludes halogenated alkanes) is 8. The predicted octanol–water partition coefficient (Wildman–Crippen LogP) is 5.48. The van der Waals surface area contributed by atoms with Crippen molar-refractivity contribution in [1.82, 2.24) is 0 Å². The molecule has 0 aromatic rings. The lowest BCUT2D eigenvalue weighted by Gasteiger charge is -2.00. The highest BCUT2D eigenvalue weighted by molar-refractivity contribution is 4.91. The van der Waals surface area contributed by atoms with E-state index in [2.05, 4.69) is 13.8 Å². The van der Waals surface area contributed by atoms with E-state index in [0.29, 0.717) is 12.1 Å². The maximum absolute atomic E-state index is 10.8. The van der Waals surface area contributed by atoms with Gasteiger partial charge in [-0.25, -0.2) is 0 Å². The van der Waals surface area contributed by atoms with Crippen LogP contribution in [0.25, 0.3) is 0 Å². The zero-order valence-electron chi connectivity index (χ0n) is 12.1. The summed E-state index contributed by atoms with van der Waals surface area (Å²) in [7, 11) is 0. The van der Waals surface area contributed by atoms with E-state index in [9.17, 15) is 10.1 Å². The molecule has 0 aliphatic carbocycles. The normalized spacial score (nSPS) is 11.8. The maximum atomic E-state index is 10.8. The summed E-state index contributed by atoms with van der Waals surface area (Å²) in [6.07, 6.45) is 14.1. The zero-order chi connectivity index (χ0) is 13.6. The van der Waals surface area contributed by atoms with Crippen molar-refractivity contribution in [1.29, 1.82) is 0 Å². The average molecular weight is 255 g/mol. The van der Waals surface area contributed by atoms with Crippen LogP contribution >= 0.6 is 0 Å². The Morgan fingerprint density at radius 2 is 1.50 bits per heavy atom. The van der Waals surface area contributed by atoms with Gasteiger partial charge in [-0.3, -0.25) is 10.1 Å². The predicted molar refractivity (Wildman–Crippen MR) is 77.2 cm³/mol. The first-order valence-corrected chi connectivity index (χ1v) is 7.55. The van der Waals surface area contributed by atoms with Gasteiger partial charge in [0.05, 0.1) is 4.92 Å². The lowest BCUT2D eigenvalue weighted by Crippen LogP contribution is -1.98. The number of hydrogen-bond acceptors (Lipinski definition) is 2. The topological polar surface area (TPSA) is 43.1 Å². The molecule has 18 heavy (non-hydrogen) atoms. The molecule has 0 aromatic heterocycles. The molecular formula is C15H29NO2. The summed E-state index contributed by atoms with van der Waals surface area (Å²) in [4.78, 5) is 10.6. The first-order chi connectivity index (χ1) is 8.72. The van der Waals surface area contributed by atoms with Crippen LogP contribution in [0.5, 0.6) is 0 Å². The lowest BCUT2D eigenvalue weighted by atomic mass is 10.1. The third-order valence-electron chi connectivity index (χ3n) is 3.21. The van der Waals surface area contributed by atoms with Crippen molar-refractivity contribution < 1.29 is 4.92 Å². The summed E-state index contributed by atoms with van der Waals surface area (Å²) in [5.41, 5.74) is 0.419. The highest BCUT2D eigenvalue weighted by atomic mass is 16.6. The molecule has 3 heteroatoms. The zero-order valence-corrected chi connectivity index (χ0v) is 12.1. The smallest absolute Gasteiger partial charge is 0.242 e. The van der Waals surface area contributed by atoms with Gasteiger partial charge in [-0.1, -0.05) is 58.8 Å². The summed E-state index contributed by atoms with van der Waals surface area (Å²) in [5.74, 6) is 0. The fraction of sp³-hybridized carbons (Fsp3) is 0.867. The summed E-state index contributed by atoms with van der Waals surface area (Å²) in [6, 6.07) is 0. The summed E-state index contributed by atoms with van der Waals surface area (Å²) >= 11 is 0. The van der Waals surface area contributed by atoms with E-state index in [1.54, 1.807) is 0 Å². The largest absolute Gasteiger partial charge is 0.259 e. The monoisotopic (exact) mass is 255 g/mol. The minimum Gasteiger partial charge on any atom is -0.259 e. The molecule has 0 spiro atoms. The SMILES string of the molecule is CCCCCCCCC/C=C(/CCCC)[N+](=O)[O-]. The molecule has 106 valence electrons. The van der Waals surface area contributed by atoms with Crippen LogP contribution in [-0.4, -0.2) is 4.92 Å². The summed E-state index contributed by atoms with van der Waals surface area (Å²) in [6.45, 7) is 4.29. The average Bonchev–Trinajstić information content (AvgIpc) is 2.35. The molecule has 0 N–H and O–H groups in total. The Morgan fingerprint density at radius 1 is 0.944 bits per heavy atom. The molecule has 0 fully saturated rings. The van der Waals surface area contributed by atoms with Crippen molar-refractivity contribution in [3.8, 4) is 0 Å². The van der Waals surface area contributed by atoms with Gasteiger partial charge in [-0.15, -0.1) is 0 Å². The van der Waals surface area contributed by atoms with Gasteiger partial charge in [0.2, 0.25) is 5.70 Å². The number of nitrogens with zero attached hydrogens (tertiary/aromatic N) is 1. The molecule has 0 saturated heterocycles. The number of nitro groups is 1. The van der Waals surface area contributed by atoms with E-state index < -0.39 is 0 Å². The molecule has 0 heterocycles. The van der Waals surface area contributed by atoms with Crippen LogP contribution in [0.15, 0.2) is 11.8 Å². The van der Waals surface area contributed by atoms with Crippen molar-refractivity contribution >= 4 is 0 Å². The molecule has 0 saturated carbocycles. The Morgan fingerprint density at radius 3 is 2.06 bits per heavy atom. The second kappa shape index (κ2) is 12.6. The van der Waals surface area contributed by atoms with E-state index in [1.807, 2.05) is 6.08 Å². The molecular weight excluding hydrogens is 226 g/mol. The van der Waals surface area contributed by atoms with Gasteiger partial charge in [0, 0.05) is 6.42 Å². The first-order valence-electron chi connectivity index (χ1n) is 7.55. The van der Waals surface area contributed by atoms with Gasteiger partial charge < -0.3 is 0 Å². The molecule has 0 radical (unpaired) electrons. The van der Waals surface area contributed by atoms with Crippen LogP contribution in [-0.2, 0) is 0 Å². The van der Waals surface area contributed by atoms with Gasteiger partial charge >= 0.3 is 0 Å². The van der Waals surface area contributed by atoms with Gasteiger partial charge in [-0.05, 0) is 25.3 Å². The molecule has 0 rings (SSSR count). The Bertz CT molecular complexity index is 237. The third kappa shape index (κ3) is 10.3. The molecule has 0 unspecified atom stereocenters. The third-order valence-corrected chi connectivity index (χ3v) is 3.21. The van der Waals surface area contributed by atoms with Crippen molar-refractivity contribution in [3.05, 3.63) is 21.9 Å². The molecule has 0 aromatic carbocycles. The Balaban J connectivity index is 3.60. The van der Waals surface area contributed by atoms with Crippen LogP contribution in [0.3, 0.4) is 0 Å². The fourth-order valence-corrected chi connectivity index (χ4v) is 2.00. The standard InChI is InChI=1S/C15H29NO2/c1-3-5-7-8-9-10-11-12-14-15(16(17)18)13-6-4-2/h14H,3-13H2,1-2H3/b15-14-. The quantitative estimate of drug-likeness (QED) is 0.263. The van der Waals surface area contributed by atoms with E-state index in [-0.39, 0.29) is 4.92 Å². The Hall–Kier alpha value is -0.860. The number of hydrogen-bond donors (Lipinski definition) is 0. The van der Waals surface area contributed by atoms with Crippen LogP contribution in [0.2, 0.25) is 0 Å². The van der Waals surface area contributed by atoms with E-state index in [0.717, 1.165) is 25.7 Å². The molecule has 0 amide bonds. The van der Waals surface area contributed by atoms with Crippen LogP contribution in [0, 0.1) is 10.1 Å². The summed E-state index contributed by atoms with van der Waals surface area (Å²) in [5, 5.41) is 10.8. The van der Waals surface area contributed by atoms with Crippen LogP contribution in [0.1, 0.15) is 84.5 Å². The second-order valence-electron chi connectivity index (χ2n) is 4.97. The van der Waals surface area contributed by atoms with E-state index >= 15 is 0 Å². The van der Waals surface area contributed by atoms with Crippen LogP contribution < -0.4 is 0 Å².